The highest BCUT2D eigenvalue weighted by molar-refractivity contribution is 5.99. The molecule has 0 aliphatic carbocycles. The van der Waals surface area contributed by atoms with Gasteiger partial charge in [0.2, 0.25) is 5.91 Å². The lowest BCUT2D eigenvalue weighted by atomic mass is 10.1. The average molecular weight is 412 g/mol. The van der Waals surface area contributed by atoms with Crippen LogP contribution in [0.3, 0.4) is 0 Å². The van der Waals surface area contributed by atoms with Crippen LogP contribution in [-0.2, 0) is 9.53 Å². The third-order valence-corrected chi connectivity index (χ3v) is 4.90. The SMILES string of the molecule is Cc1cc(C(=O)N(C)CC(=O)Nc2ccc(N3CCOCC3)cc2)ccc1[N+](=O)[O-]. The largest absolute Gasteiger partial charge is 0.378 e. The summed E-state index contributed by atoms with van der Waals surface area (Å²) in [6, 6.07) is 11.7. The lowest BCUT2D eigenvalue weighted by molar-refractivity contribution is -0.385. The molecule has 2 aromatic carbocycles. The third kappa shape index (κ3) is 5.12. The molecule has 0 bridgehead atoms. The Morgan fingerprint density at radius 1 is 1.17 bits per heavy atom. The second-order valence-corrected chi connectivity index (χ2v) is 7.11. The number of carbonyl (C=O) groups is 2. The minimum Gasteiger partial charge on any atom is -0.378 e. The predicted octanol–water partition coefficient (Wildman–Crippen LogP) is 2.45. The number of rotatable bonds is 6. The summed E-state index contributed by atoms with van der Waals surface area (Å²) in [6.45, 7) is 4.50. The molecule has 1 fully saturated rings. The molecule has 2 aromatic rings. The van der Waals surface area contributed by atoms with Crippen molar-refractivity contribution in [3.8, 4) is 0 Å². The molecule has 2 amide bonds. The van der Waals surface area contributed by atoms with Crippen LogP contribution in [0.4, 0.5) is 17.1 Å². The van der Waals surface area contributed by atoms with E-state index in [1.807, 2.05) is 24.3 Å². The maximum absolute atomic E-state index is 12.5. The summed E-state index contributed by atoms with van der Waals surface area (Å²) in [5.74, 6) is -0.714. The van der Waals surface area contributed by atoms with Crippen molar-refractivity contribution in [1.82, 2.24) is 4.90 Å². The molecule has 1 N–H and O–H groups in total. The molecule has 3 rings (SSSR count). The second kappa shape index (κ2) is 9.36. The Kier molecular flexibility index (Phi) is 6.63. The number of nitrogens with one attached hydrogen (secondary N) is 1. The standard InChI is InChI=1S/C21H24N4O5/c1-15-13-16(3-8-19(15)25(28)29)21(27)23(2)14-20(26)22-17-4-6-18(7-5-17)24-9-11-30-12-10-24/h3-8,13H,9-12,14H2,1-2H3,(H,22,26). The molecule has 158 valence electrons. The van der Waals surface area contributed by atoms with Gasteiger partial charge in [-0.25, -0.2) is 0 Å². The van der Waals surface area contributed by atoms with E-state index in [2.05, 4.69) is 10.2 Å². The number of amides is 2. The van der Waals surface area contributed by atoms with Crippen molar-refractivity contribution in [1.29, 1.82) is 0 Å². The predicted molar refractivity (Wildman–Crippen MR) is 113 cm³/mol. The molecule has 1 aliphatic heterocycles. The van der Waals surface area contributed by atoms with Crippen molar-refractivity contribution < 1.29 is 19.2 Å². The highest BCUT2D eigenvalue weighted by atomic mass is 16.6. The van der Waals surface area contributed by atoms with E-state index in [1.165, 1.54) is 30.1 Å². The van der Waals surface area contributed by atoms with E-state index < -0.39 is 4.92 Å². The fourth-order valence-electron chi connectivity index (χ4n) is 3.28. The lowest BCUT2D eigenvalue weighted by Gasteiger charge is -2.28. The van der Waals surface area contributed by atoms with Crippen LogP contribution >= 0.6 is 0 Å². The summed E-state index contributed by atoms with van der Waals surface area (Å²) >= 11 is 0. The van der Waals surface area contributed by atoms with Gasteiger partial charge in [-0.1, -0.05) is 0 Å². The molecule has 1 saturated heterocycles. The Hall–Kier alpha value is -3.46. The molecule has 1 heterocycles. The second-order valence-electron chi connectivity index (χ2n) is 7.11. The number of nitro benzene ring substituents is 1. The maximum Gasteiger partial charge on any atom is 0.272 e. The highest BCUT2D eigenvalue weighted by Crippen LogP contribution is 2.20. The molecular formula is C21H24N4O5. The first-order chi connectivity index (χ1) is 14.3. The van der Waals surface area contributed by atoms with E-state index in [-0.39, 0.29) is 24.0 Å². The summed E-state index contributed by atoms with van der Waals surface area (Å²) in [5.41, 5.74) is 2.35. The number of likely N-dealkylation sites (N-methyl/N-ethyl adjacent to an activating group) is 1. The number of carbonyl (C=O) groups excluding carboxylic acids is 2. The Labute approximate surface area is 174 Å². The Morgan fingerprint density at radius 2 is 1.83 bits per heavy atom. The number of ether oxygens (including phenoxy) is 1. The molecule has 0 radical (unpaired) electrons. The molecule has 0 aromatic heterocycles. The topological polar surface area (TPSA) is 105 Å². The molecule has 1 aliphatic rings. The van der Waals surface area contributed by atoms with E-state index in [4.69, 9.17) is 4.74 Å². The van der Waals surface area contributed by atoms with E-state index >= 15 is 0 Å². The van der Waals surface area contributed by atoms with Gasteiger partial charge in [0, 0.05) is 48.7 Å². The lowest BCUT2D eigenvalue weighted by Crippen LogP contribution is -2.36. The summed E-state index contributed by atoms with van der Waals surface area (Å²) in [7, 11) is 1.51. The van der Waals surface area contributed by atoms with Crippen molar-refractivity contribution >= 4 is 28.9 Å². The van der Waals surface area contributed by atoms with Gasteiger partial charge in [0.15, 0.2) is 0 Å². The van der Waals surface area contributed by atoms with Gasteiger partial charge in [-0.15, -0.1) is 0 Å². The van der Waals surface area contributed by atoms with Crippen molar-refractivity contribution in [2.75, 3.05) is 50.1 Å². The number of nitro groups is 1. The first-order valence-electron chi connectivity index (χ1n) is 9.58. The minimum absolute atomic E-state index is 0.0486. The first-order valence-corrected chi connectivity index (χ1v) is 9.58. The highest BCUT2D eigenvalue weighted by Gasteiger charge is 2.18. The van der Waals surface area contributed by atoms with Crippen LogP contribution in [-0.4, -0.2) is 61.5 Å². The zero-order valence-corrected chi connectivity index (χ0v) is 17.0. The van der Waals surface area contributed by atoms with Crippen LogP contribution in [0.2, 0.25) is 0 Å². The van der Waals surface area contributed by atoms with Crippen LogP contribution in [0.1, 0.15) is 15.9 Å². The van der Waals surface area contributed by atoms with Gasteiger partial charge in [0.1, 0.15) is 0 Å². The number of hydrogen-bond acceptors (Lipinski definition) is 6. The van der Waals surface area contributed by atoms with E-state index in [0.29, 0.717) is 30.0 Å². The summed E-state index contributed by atoms with van der Waals surface area (Å²) in [5, 5.41) is 13.7. The Balaban J connectivity index is 1.56. The fraction of sp³-hybridized carbons (Fsp3) is 0.333. The van der Waals surface area contributed by atoms with Gasteiger partial charge in [-0.05, 0) is 43.3 Å². The molecular weight excluding hydrogens is 388 g/mol. The summed E-state index contributed by atoms with van der Waals surface area (Å²) < 4.78 is 5.35. The van der Waals surface area contributed by atoms with Crippen molar-refractivity contribution in [3.05, 3.63) is 63.7 Å². The molecule has 0 saturated carbocycles. The minimum atomic E-state index is -0.495. The van der Waals surface area contributed by atoms with Gasteiger partial charge < -0.3 is 19.9 Å². The van der Waals surface area contributed by atoms with Gasteiger partial charge >= 0.3 is 0 Å². The maximum atomic E-state index is 12.5. The normalized spacial score (nSPS) is 13.6. The zero-order valence-electron chi connectivity index (χ0n) is 17.0. The third-order valence-electron chi connectivity index (χ3n) is 4.90. The van der Waals surface area contributed by atoms with Gasteiger partial charge in [-0.2, -0.15) is 0 Å². The molecule has 0 unspecified atom stereocenters. The van der Waals surface area contributed by atoms with E-state index in [9.17, 15) is 19.7 Å². The van der Waals surface area contributed by atoms with Crippen LogP contribution in [0.25, 0.3) is 0 Å². The summed E-state index contributed by atoms with van der Waals surface area (Å²) in [6.07, 6.45) is 0. The van der Waals surface area contributed by atoms with Gasteiger partial charge in [-0.3, -0.25) is 19.7 Å². The van der Waals surface area contributed by atoms with E-state index in [1.54, 1.807) is 6.92 Å². The van der Waals surface area contributed by atoms with E-state index in [0.717, 1.165) is 18.8 Å². The zero-order chi connectivity index (χ0) is 21.7. The van der Waals surface area contributed by atoms with Crippen molar-refractivity contribution in [3.63, 3.8) is 0 Å². The summed E-state index contributed by atoms with van der Waals surface area (Å²) in [4.78, 5) is 38.8. The number of anilines is 2. The molecule has 9 heteroatoms. The molecule has 9 nitrogen and oxygen atoms in total. The number of benzene rings is 2. The van der Waals surface area contributed by atoms with Crippen LogP contribution in [0.5, 0.6) is 0 Å². The number of nitrogens with zero attached hydrogens (tertiary/aromatic N) is 3. The smallest absolute Gasteiger partial charge is 0.272 e. The quantitative estimate of drug-likeness (QED) is 0.577. The molecule has 30 heavy (non-hydrogen) atoms. The van der Waals surface area contributed by atoms with Crippen LogP contribution < -0.4 is 10.2 Å². The van der Waals surface area contributed by atoms with Crippen molar-refractivity contribution in [2.24, 2.45) is 0 Å². The molecule has 0 spiro atoms. The Bertz CT molecular complexity index is 939. The van der Waals surface area contributed by atoms with Gasteiger partial charge in [0.05, 0.1) is 24.7 Å². The van der Waals surface area contributed by atoms with Crippen molar-refractivity contribution in [2.45, 2.75) is 6.92 Å². The number of aryl methyl sites for hydroxylation is 1. The monoisotopic (exact) mass is 412 g/mol. The van der Waals surface area contributed by atoms with Gasteiger partial charge in [0.25, 0.3) is 11.6 Å². The number of hydrogen-bond donors (Lipinski definition) is 1. The first kappa shape index (κ1) is 21.3. The number of morpholine rings is 1. The Morgan fingerprint density at radius 3 is 2.43 bits per heavy atom. The average Bonchev–Trinajstić information content (AvgIpc) is 2.74. The fourth-order valence-corrected chi connectivity index (χ4v) is 3.28. The molecule has 0 atom stereocenters. The van der Waals surface area contributed by atoms with Crippen LogP contribution in [0.15, 0.2) is 42.5 Å². The van der Waals surface area contributed by atoms with Crippen LogP contribution in [0, 0.1) is 17.0 Å².